The normalized spacial score (nSPS) is 15.0. The molecule has 0 spiro atoms. The van der Waals surface area contributed by atoms with Crippen molar-refractivity contribution in [2.24, 2.45) is 0 Å². The molecule has 28 heavy (non-hydrogen) atoms. The lowest BCUT2D eigenvalue weighted by Crippen LogP contribution is -2.29. The van der Waals surface area contributed by atoms with E-state index < -0.39 is 29.9 Å². The van der Waals surface area contributed by atoms with Gasteiger partial charge in [0.25, 0.3) is 12.3 Å². The Bertz CT molecular complexity index is 1010. The Morgan fingerprint density at radius 3 is 2.79 bits per heavy atom. The molecule has 1 aromatic carbocycles. The molecular formula is C18H16F3N5O2. The summed E-state index contributed by atoms with van der Waals surface area (Å²) in [4.78, 5) is 16.8. The highest BCUT2D eigenvalue weighted by atomic mass is 19.3. The average Bonchev–Trinajstić information content (AvgIpc) is 3.21. The van der Waals surface area contributed by atoms with E-state index in [1.807, 2.05) is 0 Å². The Labute approximate surface area is 157 Å². The van der Waals surface area contributed by atoms with Crippen molar-refractivity contribution >= 4 is 5.91 Å². The molecule has 1 fully saturated rings. The number of alkyl halides is 2. The maximum absolute atomic E-state index is 13.3. The van der Waals surface area contributed by atoms with E-state index >= 15 is 0 Å². The molecule has 4 rings (SSSR count). The average molecular weight is 391 g/mol. The molecule has 146 valence electrons. The molecule has 1 amide bonds. The van der Waals surface area contributed by atoms with E-state index in [2.05, 4.69) is 20.6 Å². The van der Waals surface area contributed by atoms with Crippen LogP contribution < -0.4 is 5.32 Å². The Kier molecular flexibility index (Phi) is 4.62. The van der Waals surface area contributed by atoms with Crippen LogP contribution >= 0.6 is 0 Å². The van der Waals surface area contributed by atoms with Crippen LogP contribution in [0.4, 0.5) is 13.2 Å². The first-order valence-corrected chi connectivity index (χ1v) is 8.70. The number of amides is 1. The van der Waals surface area contributed by atoms with Crippen LogP contribution in [0.5, 0.6) is 0 Å². The van der Waals surface area contributed by atoms with Gasteiger partial charge in [0.15, 0.2) is 0 Å². The van der Waals surface area contributed by atoms with Gasteiger partial charge in [-0.3, -0.25) is 9.48 Å². The summed E-state index contributed by atoms with van der Waals surface area (Å²) >= 11 is 0. The van der Waals surface area contributed by atoms with E-state index in [9.17, 15) is 18.0 Å². The highest BCUT2D eigenvalue weighted by Gasteiger charge is 2.31. The highest BCUT2D eigenvalue weighted by molar-refractivity contribution is 5.93. The zero-order valence-corrected chi connectivity index (χ0v) is 14.8. The van der Waals surface area contributed by atoms with Gasteiger partial charge in [-0.05, 0) is 38.0 Å². The van der Waals surface area contributed by atoms with E-state index in [0.717, 1.165) is 18.9 Å². The molecule has 0 unspecified atom stereocenters. The molecule has 1 saturated carbocycles. The van der Waals surface area contributed by atoms with Crippen LogP contribution in [-0.4, -0.2) is 25.8 Å². The van der Waals surface area contributed by atoms with Crippen molar-refractivity contribution < 1.29 is 22.5 Å². The summed E-state index contributed by atoms with van der Waals surface area (Å²) in [6.45, 7) is 1.62. The van der Waals surface area contributed by atoms with Gasteiger partial charge in [-0.25, -0.2) is 13.2 Å². The van der Waals surface area contributed by atoms with Crippen LogP contribution in [0.25, 0.3) is 11.4 Å². The standard InChI is InChI=1S/C18H16F3N5O2/c1-9(18-23-16(25-28-18)10-3-2-4-11(19)7-10)22-17(27)14-8-13(15(20)21)24-26(14)12-5-6-12/h2-4,7-9,12,15H,5-6H2,1H3,(H,22,27)/t9-/m0/s1. The van der Waals surface area contributed by atoms with E-state index in [-0.39, 0.29) is 23.5 Å². The molecule has 7 nitrogen and oxygen atoms in total. The number of halogens is 3. The number of carbonyl (C=O) groups excluding carboxylic acids is 1. The van der Waals surface area contributed by atoms with Crippen LogP contribution in [0.3, 0.4) is 0 Å². The van der Waals surface area contributed by atoms with Crippen LogP contribution in [-0.2, 0) is 0 Å². The van der Waals surface area contributed by atoms with Gasteiger partial charge >= 0.3 is 0 Å². The number of benzene rings is 1. The van der Waals surface area contributed by atoms with Crippen molar-refractivity contribution in [3.8, 4) is 11.4 Å². The van der Waals surface area contributed by atoms with Crippen molar-refractivity contribution in [1.29, 1.82) is 0 Å². The van der Waals surface area contributed by atoms with Crippen LogP contribution in [0.2, 0.25) is 0 Å². The molecule has 0 aliphatic heterocycles. The van der Waals surface area contributed by atoms with E-state index in [1.54, 1.807) is 13.0 Å². The third-order valence-corrected chi connectivity index (χ3v) is 4.35. The predicted octanol–water partition coefficient (Wildman–Crippen LogP) is 3.84. The molecule has 2 heterocycles. The van der Waals surface area contributed by atoms with Crippen LogP contribution in [0.15, 0.2) is 34.9 Å². The monoisotopic (exact) mass is 391 g/mol. The minimum atomic E-state index is -2.76. The molecule has 0 bridgehead atoms. The largest absolute Gasteiger partial charge is 0.339 e. The first-order chi connectivity index (χ1) is 13.4. The maximum Gasteiger partial charge on any atom is 0.282 e. The molecule has 1 aliphatic carbocycles. The lowest BCUT2D eigenvalue weighted by Gasteiger charge is -2.10. The summed E-state index contributed by atoms with van der Waals surface area (Å²) in [6, 6.07) is 6.08. The van der Waals surface area contributed by atoms with Gasteiger partial charge in [0.1, 0.15) is 23.2 Å². The van der Waals surface area contributed by atoms with E-state index in [4.69, 9.17) is 4.52 Å². The molecule has 3 aromatic rings. The fraction of sp³-hybridized carbons (Fsp3) is 0.333. The topological polar surface area (TPSA) is 85.8 Å². The molecule has 0 saturated heterocycles. The molecule has 2 aromatic heterocycles. The minimum Gasteiger partial charge on any atom is -0.339 e. The second kappa shape index (κ2) is 7.10. The third kappa shape index (κ3) is 3.62. The van der Waals surface area contributed by atoms with Crippen molar-refractivity contribution in [2.45, 2.75) is 38.3 Å². The van der Waals surface area contributed by atoms with Gasteiger partial charge in [-0.15, -0.1) is 0 Å². The number of nitrogens with zero attached hydrogens (tertiary/aromatic N) is 4. The third-order valence-electron chi connectivity index (χ3n) is 4.35. The van der Waals surface area contributed by atoms with Gasteiger partial charge in [0.05, 0.1) is 6.04 Å². The second-order valence-corrected chi connectivity index (χ2v) is 6.59. The number of hydrogen-bond donors (Lipinski definition) is 1. The molecule has 1 aliphatic rings. The Hall–Kier alpha value is -3.17. The summed E-state index contributed by atoms with van der Waals surface area (Å²) in [5.41, 5.74) is 0.0623. The molecular weight excluding hydrogens is 375 g/mol. The fourth-order valence-corrected chi connectivity index (χ4v) is 2.78. The number of carbonyl (C=O) groups is 1. The Morgan fingerprint density at radius 1 is 1.32 bits per heavy atom. The fourth-order valence-electron chi connectivity index (χ4n) is 2.78. The Balaban J connectivity index is 1.51. The summed E-state index contributed by atoms with van der Waals surface area (Å²) < 4.78 is 45.8. The molecule has 1 atom stereocenters. The predicted molar refractivity (Wildman–Crippen MR) is 91.0 cm³/mol. The zero-order valence-electron chi connectivity index (χ0n) is 14.8. The number of rotatable bonds is 6. The first-order valence-electron chi connectivity index (χ1n) is 8.70. The summed E-state index contributed by atoms with van der Waals surface area (Å²) in [5.74, 6) is -0.713. The van der Waals surface area contributed by atoms with Crippen LogP contribution in [0.1, 0.15) is 60.3 Å². The van der Waals surface area contributed by atoms with E-state index in [0.29, 0.717) is 5.56 Å². The lowest BCUT2D eigenvalue weighted by molar-refractivity contribution is 0.0921. The van der Waals surface area contributed by atoms with Gasteiger partial charge in [-0.1, -0.05) is 17.3 Å². The van der Waals surface area contributed by atoms with Gasteiger partial charge < -0.3 is 9.84 Å². The highest BCUT2D eigenvalue weighted by Crippen LogP contribution is 2.36. The Morgan fingerprint density at radius 2 is 2.11 bits per heavy atom. The van der Waals surface area contributed by atoms with Gasteiger partial charge in [0.2, 0.25) is 11.7 Å². The number of hydrogen-bond acceptors (Lipinski definition) is 5. The maximum atomic E-state index is 13.3. The van der Waals surface area contributed by atoms with Crippen molar-refractivity contribution in [1.82, 2.24) is 25.2 Å². The van der Waals surface area contributed by atoms with Crippen molar-refractivity contribution in [3.63, 3.8) is 0 Å². The van der Waals surface area contributed by atoms with Crippen LogP contribution in [0, 0.1) is 5.82 Å². The number of nitrogens with one attached hydrogen (secondary N) is 1. The van der Waals surface area contributed by atoms with Gasteiger partial charge in [-0.2, -0.15) is 10.1 Å². The summed E-state index contributed by atoms with van der Waals surface area (Å²) in [6.07, 6.45) is -1.17. The van der Waals surface area contributed by atoms with Crippen molar-refractivity contribution in [2.75, 3.05) is 0 Å². The SMILES string of the molecule is C[C@H](NC(=O)c1cc(C(F)F)nn1C1CC1)c1nc(-c2cccc(F)c2)no1. The van der Waals surface area contributed by atoms with Gasteiger partial charge in [0, 0.05) is 5.56 Å². The zero-order chi connectivity index (χ0) is 19.8. The smallest absolute Gasteiger partial charge is 0.282 e. The van der Waals surface area contributed by atoms with Crippen molar-refractivity contribution in [3.05, 3.63) is 53.4 Å². The number of aromatic nitrogens is 4. The molecule has 1 N–H and O–H groups in total. The second-order valence-electron chi connectivity index (χ2n) is 6.59. The molecule has 10 heteroatoms. The minimum absolute atomic E-state index is 0.0356. The lowest BCUT2D eigenvalue weighted by atomic mass is 10.2. The quantitative estimate of drug-likeness (QED) is 0.690. The van der Waals surface area contributed by atoms with E-state index in [1.165, 1.54) is 22.9 Å². The summed E-state index contributed by atoms with van der Waals surface area (Å²) in [5, 5.41) is 10.3. The first kappa shape index (κ1) is 18.2. The summed E-state index contributed by atoms with van der Waals surface area (Å²) in [7, 11) is 0. The molecule has 0 radical (unpaired) electrons.